The highest BCUT2D eigenvalue weighted by atomic mass is 16.7. The van der Waals surface area contributed by atoms with Crippen LogP contribution in [0.3, 0.4) is 0 Å². The third-order valence-corrected chi connectivity index (χ3v) is 7.87. The van der Waals surface area contributed by atoms with Gasteiger partial charge in [-0.1, -0.05) is 76.0 Å². The van der Waals surface area contributed by atoms with E-state index in [1.165, 1.54) is 0 Å². The molecule has 2 N–H and O–H groups in total. The molecule has 16 nitrogen and oxygen atoms in total. The second kappa shape index (κ2) is 15.8. The summed E-state index contributed by atoms with van der Waals surface area (Å²) in [4.78, 5) is 23.4. The molecule has 232 valence electrons. The number of carbonyl (C=O) groups is 1. The molecule has 0 radical (unpaired) electrons. The second-order valence-corrected chi connectivity index (χ2v) is 10.6. The number of azide groups is 3. The summed E-state index contributed by atoms with van der Waals surface area (Å²) in [7, 11) is 0. The minimum Gasteiger partial charge on any atom is -0.445 e. The van der Waals surface area contributed by atoms with Gasteiger partial charge in [-0.25, -0.2) is 4.79 Å². The Balaban J connectivity index is 1.55. The molecule has 44 heavy (non-hydrogen) atoms. The maximum atomic E-state index is 13.5. The van der Waals surface area contributed by atoms with Crippen molar-refractivity contribution in [2.24, 2.45) is 15.3 Å². The van der Waals surface area contributed by atoms with Crippen LogP contribution in [0.25, 0.3) is 31.3 Å². The normalized spacial score (nSPS) is 28.7. The molecule has 1 amide bonds. The van der Waals surface area contributed by atoms with Crippen molar-refractivity contribution in [3.8, 4) is 0 Å². The number of aliphatic hydroxyl groups excluding tert-OH is 2. The minimum absolute atomic E-state index is 0.0768. The molecular formula is C28H34N10O6. The standard InChI is InChI=1S/C28H34N10O6/c1-17(38(15-18-8-4-2-5-9-18)28(41)42-16-19-10-6-3-7-11-19)23-13-12-20(32-35-29)27(43-23)44-26-22(34-37-31)14-21(33-36-30)24(39)25(26)40/h2-11,17,20-27,39-40H,12-16H2,1H3/t17-,20?,21?,22?,23-,24-,25+,26+,27+/m0/s1. The number of amides is 1. The van der Waals surface area contributed by atoms with Crippen molar-refractivity contribution >= 4 is 6.09 Å². The fourth-order valence-corrected chi connectivity index (χ4v) is 5.47. The van der Waals surface area contributed by atoms with Crippen LogP contribution in [0.4, 0.5) is 4.79 Å². The van der Waals surface area contributed by atoms with E-state index >= 15 is 0 Å². The lowest BCUT2D eigenvalue weighted by molar-refractivity contribution is -0.259. The Hall–Kier alpha value is -4.52. The molecular weight excluding hydrogens is 572 g/mol. The Morgan fingerprint density at radius 1 is 0.909 bits per heavy atom. The van der Waals surface area contributed by atoms with E-state index in [0.29, 0.717) is 12.8 Å². The van der Waals surface area contributed by atoms with Gasteiger partial charge in [-0.3, -0.25) is 4.90 Å². The molecule has 9 atom stereocenters. The third-order valence-electron chi connectivity index (χ3n) is 7.87. The molecule has 1 saturated carbocycles. The van der Waals surface area contributed by atoms with Crippen molar-refractivity contribution in [1.29, 1.82) is 0 Å². The van der Waals surface area contributed by atoms with E-state index in [1.54, 1.807) is 4.90 Å². The molecule has 1 aliphatic heterocycles. The van der Waals surface area contributed by atoms with Crippen LogP contribution in [-0.4, -0.2) is 76.1 Å². The summed E-state index contributed by atoms with van der Waals surface area (Å²) in [5, 5.41) is 32.4. The van der Waals surface area contributed by atoms with Gasteiger partial charge in [0.2, 0.25) is 0 Å². The van der Waals surface area contributed by atoms with Gasteiger partial charge in [0.15, 0.2) is 6.29 Å². The number of nitrogens with zero attached hydrogens (tertiary/aromatic N) is 10. The van der Waals surface area contributed by atoms with Crippen LogP contribution in [0.15, 0.2) is 76.0 Å². The number of rotatable bonds is 11. The number of ether oxygens (including phenoxy) is 3. The summed E-state index contributed by atoms with van der Waals surface area (Å²) >= 11 is 0. The lowest BCUT2D eigenvalue weighted by Gasteiger charge is -2.45. The van der Waals surface area contributed by atoms with E-state index in [4.69, 9.17) is 25.3 Å². The number of carbonyl (C=O) groups excluding carboxylic acids is 1. The first-order chi connectivity index (χ1) is 21.4. The van der Waals surface area contributed by atoms with Gasteiger partial charge in [0.05, 0.1) is 42.5 Å². The fourth-order valence-electron chi connectivity index (χ4n) is 5.47. The Morgan fingerprint density at radius 3 is 2.14 bits per heavy atom. The summed E-state index contributed by atoms with van der Waals surface area (Å²) in [6.07, 6.45) is -6.13. The molecule has 4 rings (SSSR count). The molecule has 2 aliphatic rings. The summed E-state index contributed by atoms with van der Waals surface area (Å²) in [5.74, 6) is 0. The summed E-state index contributed by atoms with van der Waals surface area (Å²) < 4.78 is 18.0. The van der Waals surface area contributed by atoms with Crippen LogP contribution in [0.5, 0.6) is 0 Å². The fraction of sp³-hybridized carbons (Fsp3) is 0.536. The molecule has 0 spiro atoms. The first-order valence-corrected chi connectivity index (χ1v) is 14.2. The smallest absolute Gasteiger partial charge is 0.410 e. The van der Waals surface area contributed by atoms with Crippen molar-refractivity contribution in [3.63, 3.8) is 0 Å². The summed E-state index contributed by atoms with van der Waals surface area (Å²) in [6.45, 7) is 2.12. The number of hydrogen-bond donors (Lipinski definition) is 2. The maximum absolute atomic E-state index is 13.5. The molecule has 3 unspecified atom stereocenters. The highest BCUT2D eigenvalue weighted by molar-refractivity contribution is 5.68. The summed E-state index contributed by atoms with van der Waals surface area (Å²) in [6, 6.07) is 15.3. The van der Waals surface area contributed by atoms with Gasteiger partial charge in [-0.2, -0.15) is 0 Å². The number of benzene rings is 2. The topological polar surface area (TPSA) is 235 Å². The Morgan fingerprint density at radius 2 is 1.50 bits per heavy atom. The van der Waals surface area contributed by atoms with Gasteiger partial charge in [0.1, 0.15) is 12.7 Å². The van der Waals surface area contributed by atoms with E-state index in [2.05, 4.69) is 30.1 Å². The van der Waals surface area contributed by atoms with E-state index in [-0.39, 0.29) is 19.6 Å². The van der Waals surface area contributed by atoms with E-state index < -0.39 is 61.0 Å². The van der Waals surface area contributed by atoms with E-state index in [1.807, 2.05) is 67.6 Å². The third kappa shape index (κ3) is 8.10. The van der Waals surface area contributed by atoms with Gasteiger partial charge in [0, 0.05) is 21.3 Å². The quantitative estimate of drug-likeness (QED) is 0.196. The van der Waals surface area contributed by atoms with Crippen LogP contribution in [0.2, 0.25) is 0 Å². The van der Waals surface area contributed by atoms with Gasteiger partial charge in [-0.15, -0.1) is 0 Å². The average Bonchev–Trinajstić information content (AvgIpc) is 3.04. The molecule has 0 aromatic heterocycles. The van der Waals surface area contributed by atoms with Gasteiger partial charge in [-0.05, 0) is 53.9 Å². The highest BCUT2D eigenvalue weighted by Gasteiger charge is 2.47. The summed E-state index contributed by atoms with van der Waals surface area (Å²) in [5.41, 5.74) is 28.9. The van der Waals surface area contributed by atoms with Crippen molar-refractivity contribution in [2.75, 3.05) is 0 Å². The molecule has 1 aliphatic carbocycles. The van der Waals surface area contributed by atoms with Crippen LogP contribution >= 0.6 is 0 Å². The van der Waals surface area contributed by atoms with E-state index in [0.717, 1.165) is 11.1 Å². The zero-order valence-corrected chi connectivity index (χ0v) is 24.0. The molecule has 2 aromatic rings. The monoisotopic (exact) mass is 606 g/mol. The van der Waals surface area contributed by atoms with Crippen molar-refractivity contribution < 1.29 is 29.2 Å². The molecule has 2 fully saturated rings. The van der Waals surface area contributed by atoms with Crippen LogP contribution in [-0.2, 0) is 27.4 Å². The number of aliphatic hydroxyl groups is 2. The lowest BCUT2D eigenvalue weighted by Crippen LogP contribution is -2.58. The molecule has 16 heteroatoms. The van der Waals surface area contributed by atoms with Crippen molar-refractivity contribution in [1.82, 2.24) is 4.90 Å². The zero-order chi connectivity index (χ0) is 31.5. The molecule has 0 bridgehead atoms. The van der Waals surface area contributed by atoms with Crippen molar-refractivity contribution in [3.05, 3.63) is 103 Å². The largest absolute Gasteiger partial charge is 0.445 e. The molecule has 2 aromatic carbocycles. The molecule has 1 saturated heterocycles. The average molecular weight is 607 g/mol. The van der Waals surface area contributed by atoms with Crippen LogP contribution < -0.4 is 0 Å². The zero-order valence-electron chi connectivity index (χ0n) is 24.0. The highest BCUT2D eigenvalue weighted by Crippen LogP contribution is 2.34. The van der Waals surface area contributed by atoms with Gasteiger partial charge >= 0.3 is 6.09 Å². The van der Waals surface area contributed by atoms with E-state index in [9.17, 15) is 20.5 Å². The molecule has 1 heterocycles. The number of hydrogen-bond acceptors (Lipinski definition) is 9. The predicted molar refractivity (Wildman–Crippen MR) is 156 cm³/mol. The van der Waals surface area contributed by atoms with Crippen LogP contribution in [0.1, 0.15) is 37.3 Å². The first-order valence-electron chi connectivity index (χ1n) is 14.2. The maximum Gasteiger partial charge on any atom is 0.410 e. The van der Waals surface area contributed by atoms with Crippen LogP contribution in [0, 0.1) is 0 Å². The Labute approximate surface area is 253 Å². The Bertz CT molecular complexity index is 1380. The predicted octanol–water partition coefficient (Wildman–Crippen LogP) is 5.27. The second-order valence-electron chi connectivity index (χ2n) is 10.6. The van der Waals surface area contributed by atoms with Crippen molar-refractivity contribution in [2.45, 2.75) is 94.2 Å². The SMILES string of the molecule is C[C@@H]([C@@H]1CCC(N=[N+]=[N-])[C@@H](O[C@@H]2C(N=[N+]=[N-])CC(N=[N+]=[N-])[C@H](O)[C@H]2O)O1)N(Cc1ccccc1)C(=O)OCc1ccccc1. The first kappa shape index (κ1) is 32.4. The Kier molecular flexibility index (Phi) is 11.6. The lowest BCUT2D eigenvalue weighted by atomic mass is 9.84. The van der Waals surface area contributed by atoms with Gasteiger partial charge < -0.3 is 24.4 Å². The minimum atomic E-state index is -1.61. The van der Waals surface area contributed by atoms with Gasteiger partial charge in [0.25, 0.3) is 0 Å².